The van der Waals surface area contributed by atoms with E-state index in [1.807, 2.05) is 12.1 Å². The smallest absolute Gasteiger partial charge is 0.315 e. The zero-order chi connectivity index (χ0) is 10.5. The Bertz CT molecular complexity index is 357. The fourth-order valence-corrected chi connectivity index (χ4v) is 1.14. The molecule has 2 rings (SSSR count). The van der Waals surface area contributed by atoms with Gasteiger partial charge in [-0.05, 0) is 30.9 Å². The van der Waals surface area contributed by atoms with Crippen molar-refractivity contribution in [1.82, 2.24) is 10.3 Å². The van der Waals surface area contributed by atoms with Crippen LogP contribution in [0.25, 0.3) is 0 Å². The molecule has 0 aromatic carbocycles. The van der Waals surface area contributed by atoms with E-state index in [4.69, 9.17) is 0 Å². The maximum atomic E-state index is 11.3. The molecule has 0 bridgehead atoms. The Kier molecular flexibility index (Phi) is 2.97. The topological polar surface area (TPSA) is 54.0 Å². The summed E-state index contributed by atoms with van der Waals surface area (Å²) in [7, 11) is 0. The van der Waals surface area contributed by atoms with Crippen molar-refractivity contribution in [2.75, 3.05) is 5.32 Å². The number of pyridine rings is 1. The number of nitrogens with one attached hydrogen (secondary N) is 2. The molecule has 0 radical (unpaired) electrons. The van der Waals surface area contributed by atoms with Crippen LogP contribution in [-0.4, -0.2) is 11.0 Å². The molecule has 2 N–H and O–H groups in total. The van der Waals surface area contributed by atoms with Gasteiger partial charge in [-0.25, -0.2) is 9.78 Å². The summed E-state index contributed by atoms with van der Waals surface area (Å²) in [6, 6.07) is 5.11. The Morgan fingerprint density at radius 1 is 1.47 bits per heavy atom. The lowest BCUT2D eigenvalue weighted by atomic mass is 10.4. The highest BCUT2D eigenvalue weighted by Crippen LogP contribution is 2.29. The monoisotopic (exact) mass is 203 g/mol. The minimum atomic E-state index is -0.259. The van der Waals surface area contributed by atoms with Gasteiger partial charge in [0, 0.05) is 12.4 Å². The number of hydrogen-bond acceptors (Lipinski definition) is 2. The molecule has 15 heavy (non-hydrogen) atoms. The first-order chi connectivity index (χ1) is 7.34. The van der Waals surface area contributed by atoms with Crippen molar-refractivity contribution >= 4 is 11.8 Å². The first-order valence-corrected chi connectivity index (χ1v) is 5.00. The standard InChI is InChI=1S/C11H13N3O/c15-11(13-8-6-9-4-5-9)14-10-3-1-2-7-12-10/h1-3,6-9H,4-5H2,(H2,12,13,14,15)/b8-6+. The number of allylic oxidation sites excluding steroid dienone is 1. The molecule has 0 unspecified atom stereocenters. The third-order valence-electron chi connectivity index (χ3n) is 2.11. The van der Waals surface area contributed by atoms with Gasteiger partial charge in [-0.15, -0.1) is 0 Å². The average Bonchev–Trinajstić information content (AvgIpc) is 3.03. The van der Waals surface area contributed by atoms with Crippen LogP contribution in [0.3, 0.4) is 0 Å². The predicted molar refractivity (Wildman–Crippen MR) is 58.3 cm³/mol. The molecule has 1 heterocycles. The maximum absolute atomic E-state index is 11.3. The summed E-state index contributed by atoms with van der Waals surface area (Å²) >= 11 is 0. The summed E-state index contributed by atoms with van der Waals surface area (Å²) in [5.41, 5.74) is 0. The number of carbonyl (C=O) groups excluding carboxylic acids is 1. The zero-order valence-electron chi connectivity index (χ0n) is 8.31. The minimum Gasteiger partial charge on any atom is -0.315 e. The van der Waals surface area contributed by atoms with Gasteiger partial charge in [-0.2, -0.15) is 0 Å². The molecule has 0 spiro atoms. The van der Waals surface area contributed by atoms with Crippen LogP contribution in [-0.2, 0) is 0 Å². The normalized spacial score (nSPS) is 15.2. The van der Waals surface area contributed by atoms with E-state index in [0.29, 0.717) is 11.7 Å². The van der Waals surface area contributed by atoms with Gasteiger partial charge in [0.05, 0.1) is 0 Å². The van der Waals surface area contributed by atoms with Gasteiger partial charge >= 0.3 is 6.03 Å². The van der Waals surface area contributed by atoms with Crippen LogP contribution in [0.15, 0.2) is 36.7 Å². The number of hydrogen-bond donors (Lipinski definition) is 2. The van der Waals surface area contributed by atoms with Gasteiger partial charge in [-0.1, -0.05) is 12.1 Å². The molecule has 0 aliphatic heterocycles. The molecule has 1 aliphatic rings. The third kappa shape index (κ3) is 3.42. The molecule has 1 aliphatic carbocycles. The van der Waals surface area contributed by atoms with Gasteiger partial charge in [0.1, 0.15) is 5.82 Å². The maximum Gasteiger partial charge on any atom is 0.324 e. The molecule has 0 saturated heterocycles. The number of amides is 2. The molecular formula is C11H13N3O. The Balaban J connectivity index is 1.76. The largest absolute Gasteiger partial charge is 0.324 e. The Hall–Kier alpha value is -1.84. The first kappa shape index (κ1) is 9.71. The number of anilines is 1. The van der Waals surface area contributed by atoms with Crippen LogP contribution in [0.1, 0.15) is 12.8 Å². The van der Waals surface area contributed by atoms with E-state index in [1.54, 1.807) is 24.5 Å². The molecule has 1 saturated carbocycles. The summed E-state index contributed by atoms with van der Waals surface area (Å²) in [5.74, 6) is 1.22. The summed E-state index contributed by atoms with van der Waals surface area (Å²) in [6.07, 6.45) is 7.81. The molecule has 1 fully saturated rings. The van der Waals surface area contributed by atoms with Crippen LogP contribution >= 0.6 is 0 Å². The molecule has 4 nitrogen and oxygen atoms in total. The van der Waals surface area contributed by atoms with Crippen molar-refractivity contribution in [3.8, 4) is 0 Å². The van der Waals surface area contributed by atoms with E-state index in [0.717, 1.165) is 0 Å². The zero-order valence-corrected chi connectivity index (χ0v) is 8.31. The lowest BCUT2D eigenvalue weighted by molar-refractivity contribution is 0.255. The second kappa shape index (κ2) is 4.59. The molecule has 78 valence electrons. The van der Waals surface area contributed by atoms with E-state index in [2.05, 4.69) is 15.6 Å². The van der Waals surface area contributed by atoms with Crippen LogP contribution in [0.4, 0.5) is 10.6 Å². The van der Waals surface area contributed by atoms with Gasteiger partial charge in [0.15, 0.2) is 0 Å². The van der Waals surface area contributed by atoms with E-state index < -0.39 is 0 Å². The van der Waals surface area contributed by atoms with Crippen LogP contribution in [0, 0.1) is 5.92 Å². The lowest BCUT2D eigenvalue weighted by Gasteiger charge is -2.02. The number of rotatable bonds is 3. The number of nitrogens with zero attached hydrogens (tertiary/aromatic N) is 1. The number of urea groups is 1. The van der Waals surface area contributed by atoms with Crippen molar-refractivity contribution in [2.24, 2.45) is 5.92 Å². The molecule has 4 heteroatoms. The van der Waals surface area contributed by atoms with Crippen LogP contribution < -0.4 is 10.6 Å². The van der Waals surface area contributed by atoms with E-state index in [9.17, 15) is 4.79 Å². The summed E-state index contributed by atoms with van der Waals surface area (Å²) in [4.78, 5) is 15.3. The SMILES string of the molecule is O=C(N/C=C/C1CC1)Nc1ccccn1. The van der Waals surface area contributed by atoms with Gasteiger partial charge < -0.3 is 5.32 Å². The van der Waals surface area contributed by atoms with Crippen molar-refractivity contribution in [3.05, 3.63) is 36.7 Å². The average molecular weight is 203 g/mol. The number of aromatic nitrogens is 1. The predicted octanol–water partition coefficient (Wildman–Crippen LogP) is 2.13. The van der Waals surface area contributed by atoms with E-state index >= 15 is 0 Å². The third-order valence-corrected chi connectivity index (χ3v) is 2.11. The molecule has 1 aromatic heterocycles. The Morgan fingerprint density at radius 3 is 3.00 bits per heavy atom. The van der Waals surface area contributed by atoms with E-state index in [1.165, 1.54) is 12.8 Å². The first-order valence-electron chi connectivity index (χ1n) is 5.00. The molecule has 1 aromatic rings. The Morgan fingerprint density at radius 2 is 2.33 bits per heavy atom. The van der Waals surface area contributed by atoms with Crippen LogP contribution in [0.2, 0.25) is 0 Å². The molecule has 0 atom stereocenters. The molecule has 2 amide bonds. The summed E-state index contributed by atoms with van der Waals surface area (Å²) < 4.78 is 0. The second-order valence-corrected chi connectivity index (χ2v) is 3.51. The Labute approximate surface area is 88.4 Å². The van der Waals surface area contributed by atoms with Crippen molar-refractivity contribution < 1.29 is 4.79 Å². The fraction of sp³-hybridized carbons (Fsp3) is 0.273. The van der Waals surface area contributed by atoms with E-state index in [-0.39, 0.29) is 6.03 Å². The fourth-order valence-electron chi connectivity index (χ4n) is 1.14. The lowest BCUT2D eigenvalue weighted by Crippen LogP contribution is -2.24. The van der Waals surface area contributed by atoms with Crippen molar-refractivity contribution in [3.63, 3.8) is 0 Å². The van der Waals surface area contributed by atoms with Crippen LogP contribution in [0.5, 0.6) is 0 Å². The van der Waals surface area contributed by atoms with Gasteiger partial charge in [-0.3, -0.25) is 5.32 Å². The summed E-state index contributed by atoms with van der Waals surface area (Å²) in [5, 5.41) is 5.26. The van der Waals surface area contributed by atoms with Gasteiger partial charge in [0.25, 0.3) is 0 Å². The highest BCUT2D eigenvalue weighted by Gasteiger charge is 2.16. The number of carbonyl (C=O) groups is 1. The minimum absolute atomic E-state index is 0.259. The second-order valence-electron chi connectivity index (χ2n) is 3.51. The highest BCUT2D eigenvalue weighted by atomic mass is 16.2. The van der Waals surface area contributed by atoms with Crippen molar-refractivity contribution in [1.29, 1.82) is 0 Å². The molecular weight excluding hydrogens is 190 g/mol. The summed E-state index contributed by atoms with van der Waals surface area (Å²) in [6.45, 7) is 0. The van der Waals surface area contributed by atoms with Gasteiger partial charge in [0.2, 0.25) is 0 Å². The highest BCUT2D eigenvalue weighted by molar-refractivity contribution is 5.88. The van der Waals surface area contributed by atoms with Crippen molar-refractivity contribution in [2.45, 2.75) is 12.8 Å². The quantitative estimate of drug-likeness (QED) is 0.790.